The molecule has 2 nitrogen and oxygen atoms in total. The van der Waals surface area contributed by atoms with Crippen molar-refractivity contribution < 1.29 is 9.50 Å². The lowest BCUT2D eigenvalue weighted by molar-refractivity contribution is 0.0536. The van der Waals surface area contributed by atoms with Crippen LogP contribution in [0.15, 0.2) is 54.6 Å². The van der Waals surface area contributed by atoms with E-state index >= 15 is 4.39 Å². The van der Waals surface area contributed by atoms with E-state index in [9.17, 15) is 5.11 Å². The number of phenolic OH excluding ortho intramolecular Hbond substituents is 1. The Bertz CT molecular complexity index is 700. The SMILES string of the molecule is Cl.Oc1cccc(C2(F)CCN(C[C@@H]3C[C@H]3c3ccccc3)CC2)c1. The zero-order valence-corrected chi connectivity index (χ0v) is 15.1. The van der Waals surface area contributed by atoms with Gasteiger partial charge >= 0.3 is 0 Å². The van der Waals surface area contributed by atoms with E-state index in [0.717, 1.165) is 25.6 Å². The average molecular weight is 362 g/mol. The second-order valence-electron chi connectivity index (χ2n) is 7.33. The molecule has 2 aliphatic rings. The van der Waals surface area contributed by atoms with E-state index in [1.54, 1.807) is 24.3 Å². The molecule has 2 fully saturated rings. The first-order chi connectivity index (χ1) is 11.6. The molecule has 4 rings (SSSR count). The molecule has 134 valence electrons. The van der Waals surface area contributed by atoms with Gasteiger partial charge in [0.15, 0.2) is 0 Å². The second-order valence-corrected chi connectivity index (χ2v) is 7.33. The van der Waals surface area contributed by atoms with Crippen LogP contribution < -0.4 is 0 Å². The number of hydrogen-bond donors (Lipinski definition) is 1. The molecule has 0 bridgehead atoms. The van der Waals surface area contributed by atoms with Crippen LogP contribution in [-0.2, 0) is 5.67 Å². The minimum absolute atomic E-state index is 0. The summed E-state index contributed by atoms with van der Waals surface area (Å²) >= 11 is 0. The minimum atomic E-state index is -1.29. The molecule has 1 aliphatic carbocycles. The van der Waals surface area contributed by atoms with E-state index < -0.39 is 5.67 Å². The van der Waals surface area contributed by atoms with Gasteiger partial charge in [-0.1, -0.05) is 42.5 Å². The van der Waals surface area contributed by atoms with E-state index in [1.807, 2.05) is 0 Å². The van der Waals surface area contributed by atoms with Crippen molar-refractivity contribution in [2.45, 2.75) is 30.8 Å². The van der Waals surface area contributed by atoms with Gasteiger partial charge in [0.2, 0.25) is 0 Å². The normalized spacial score (nSPS) is 25.2. The maximum absolute atomic E-state index is 15.2. The molecule has 1 saturated heterocycles. The van der Waals surface area contributed by atoms with Crippen molar-refractivity contribution in [3.05, 3.63) is 65.7 Å². The van der Waals surface area contributed by atoms with Crippen molar-refractivity contribution in [2.75, 3.05) is 19.6 Å². The number of nitrogens with zero attached hydrogens (tertiary/aromatic N) is 1. The summed E-state index contributed by atoms with van der Waals surface area (Å²) in [4.78, 5) is 2.41. The van der Waals surface area contributed by atoms with Gasteiger partial charge < -0.3 is 10.0 Å². The molecule has 2 atom stereocenters. The number of hydrogen-bond acceptors (Lipinski definition) is 2. The Morgan fingerprint density at radius 1 is 1.04 bits per heavy atom. The van der Waals surface area contributed by atoms with Gasteiger partial charge in [0.1, 0.15) is 11.4 Å². The Hall–Kier alpha value is -1.58. The summed E-state index contributed by atoms with van der Waals surface area (Å²) in [5.41, 5.74) is 0.771. The van der Waals surface area contributed by atoms with Gasteiger partial charge in [-0.05, 0) is 54.4 Å². The third kappa shape index (κ3) is 3.99. The monoisotopic (exact) mass is 361 g/mol. The van der Waals surface area contributed by atoms with E-state index in [4.69, 9.17) is 0 Å². The third-order valence-corrected chi connectivity index (χ3v) is 5.66. The van der Waals surface area contributed by atoms with E-state index in [0.29, 0.717) is 24.3 Å². The molecular formula is C21H25ClFNO. The fourth-order valence-corrected chi connectivity index (χ4v) is 4.05. The predicted molar refractivity (Wildman–Crippen MR) is 101 cm³/mol. The van der Waals surface area contributed by atoms with Crippen LogP contribution in [0.25, 0.3) is 0 Å². The standard InChI is InChI=1S/C21H24FNO.ClH/c22-21(18-7-4-8-19(24)14-18)9-11-23(12-10-21)15-17-13-20(17)16-5-2-1-3-6-16;/h1-8,14,17,20,24H,9-13,15H2;1H/t17-,20-;/m0./s1. The Labute approximate surface area is 155 Å². The van der Waals surface area contributed by atoms with Crippen LogP contribution in [0.5, 0.6) is 5.75 Å². The maximum Gasteiger partial charge on any atom is 0.138 e. The van der Waals surface area contributed by atoms with Crippen LogP contribution in [0.3, 0.4) is 0 Å². The molecule has 1 saturated carbocycles. The van der Waals surface area contributed by atoms with Crippen molar-refractivity contribution in [1.29, 1.82) is 0 Å². The summed E-state index contributed by atoms with van der Waals surface area (Å²) in [6.45, 7) is 2.67. The summed E-state index contributed by atoms with van der Waals surface area (Å²) < 4.78 is 15.2. The van der Waals surface area contributed by atoms with Crippen LogP contribution in [0.2, 0.25) is 0 Å². The molecule has 1 N–H and O–H groups in total. The Kier molecular flexibility index (Phi) is 5.35. The first-order valence-corrected chi connectivity index (χ1v) is 8.90. The van der Waals surface area contributed by atoms with Gasteiger partial charge in [0.25, 0.3) is 0 Å². The summed E-state index contributed by atoms with van der Waals surface area (Å²) in [6, 6.07) is 17.4. The van der Waals surface area contributed by atoms with E-state index in [1.165, 1.54) is 12.0 Å². The minimum Gasteiger partial charge on any atom is -0.508 e. The highest BCUT2D eigenvalue weighted by atomic mass is 35.5. The Balaban J connectivity index is 0.00000182. The lowest BCUT2D eigenvalue weighted by Crippen LogP contribution is -2.41. The largest absolute Gasteiger partial charge is 0.508 e. The summed E-state index contributed by atoms with van der Waals surface area (Å²) in [6.07, 6.45) is 2.28. The number of rotatable bonds is 4. The number of benzene rings is 2. The van der Waals surface area contributed by atoms with Gasteiger partial charge in [0.05, 0.1) is 0 Å². The number of aromatic hydroxyl groups is 1. The van der Waals surface area contributed by atoms with Gasteiger partial charge in [-0.3, -0.25) is 0 Å². The van der Waals surface area contributed by atoms with Crippen LogP contribution >= 0.6 is 12.4 Å². The molecule has 0 aromatic heterocycles. The van der Waals surface area contributed by atoms with Crippen molar-refractivity contribution in [2.24, 2.45) is 5.92 Å². The molecular weight excluding hydrogens is 337 g/mol. The summed E-state index contributed by atoms with van der Waals surface area (Å²) in [5, 5.41) is 9.60. The lowest BCUT2D eigenvalue weighted by Gasteiger charge is -2.37. The van der Waals surface area contributed by atoms with Gasteiger partial charge in [-0.15, -0.1) is 12.4 Å². The zero-order valence-electron chi connectivity index (χ0n) is 14.3. The number of piperidine rings is 1. The van der Waals surface area contributed by atoms with Crippen molar-refractivity contribution in [3.8, 4) is 5.75 Å². The fraction of sp³-hybridized carbons (Fsp3) is 0.429. The van der Waals surface area contributed by atoms with Gasteiger partial charge in [-0.25, -0.2) is 4.39 Å². The van der Waals surface area contributed by atoms with E-state index in [2.05, 4.69) is 35.2 Å². The Morgan fingerprint density at radius 3 is 2.44 bits per heavy atom. The molecule has 0 spiro atoms. The number of alkyl halides is 1. The number of halogens is 2. The Morgan fingerprint density at radius 2 is 1.76 bits per heavy atom. The molecule has 0 unspecified atom stereocenters. The lowest BCUT2D eigenvalue weighted by atomic mass is 9.86. The predicted octanol–water partition coefficient (Wildman–Crippen LogP) is 4.88. The van der Waals surface area contributed by atoms with Crippen molar-refractivity contribution in [1.82, 2.24) is 4.90 Å². The van der Waals surface area contributed by atoms with Crippen LogP contribution in [0, 0.1) is 5.92 Å². The van der Waals surface area contributed by atoms with Gasteiger partial charge in [-0.2, -0.15) is 0 Å². The van der Waals surface area contributed by atoms with Gasteiger partial charge in [0, 0.05) is 19.6 Å². The van der Waals surface area contributed by atoms with E-state index in [-0.39, 0.29) is 18.2 Å². The smallest absolute Gasteiger partial charge is 0.138 e. The topological polar surface area (TPSA) is 23.5 Å². The summed E-state index contributed by atoms with van der Waals surface area (Å²) in [5.74, 6) is 1.56. The highest BCUT2D eigenvalue weighted by Crippen LogP contribution is 2.48. The number of phenols is 1. The molecule has 2 aromatic carbocycles. The molecule has 25 heavy (non-hydrogen) atoms. The van der Waals surface area contributed by atoms with Crippen molar-refractivity contribution >= 4 is 12.4 Å². The van der Waals surface area contributed by atoms with Crippen LogP contribution in [0.1, 0.15) is 36.3 Å². The summed E-state index contributed by atoms with van der Waals surface area (Å²) in [7, 11) is 0. The highest BCUT2D eigenvalue weighted by molar-refractivity contribution is 5.85. The molecule has 0 radical (unpaired) electrons. The highest BCUT2D eigenvalue weighted by Gasteiger charge is 2.42. The fourth-order valence-electron chi connectivity index (χ4n) is 4.05. The second kappa shape index (κ2) is 7.35. The third-order valence-electron chi connectivity index (χ3n) is 5.66. The quantitative estimate of drug-likeness (QED) is 0.839. The van der Waals surface area contributed by atoms with Crippen LogP contribution in [0.4, 0.5) is 4.39 Å². The number of likely N-dealkylation sites (tertiary alicyclic amines) is 1. The first-order valence-electron chi connectivity index (χ1n) is 8.90. The molecule has 1 heterocycles. The van der Waals surface area contributed by atoms with Crippen molar-refractivity contribution in [3.63, 3.8) is 0 Å². The molecule has 0 amide bonds. The molecule has 4 heteroatoms. The first kappa shape index (κ1) is 18.2. The maximum atomic E-state index is 15.2. The molecule has 1 aliphatic heterocycles. The molecule has 2 aromatic rings. The average Bonchev–Trinajstić information content (AvgIpc) is 3.37. The van der Waals surface area contributed by atoms with Crippen LogP contribution in [-0.4, -0.2) is 29.6 Å². The zero-order chi connectivity index (χ0) is 16.6.